The summed E-state index contributed by atoms with van der Waals surface area (Å²) in [5.41, 5.74) is 2.31. The molecular formula is C22H22O. The van der Waals surface area contributed by atoms with Crippen LogP contribution >= 0.6 is 0 Å². The molecule has 0 aliphatic heterocycles. The van der Waals surface area contributed by atoms with Crippen molar-refractivity contribution in [2.45, 2.75) is 19.3 Å². The van der Waals surface area contributed by atoms with Crippen LogP contribution in [0.2, 0.25) is 0 Å². The van der Waals surface area contributed by atoms with Crippen LogP contribution in [-0.4, -0.2) is 5.78 Å². The fourth-order valence-electron chi connectivity index (χ4n) is 3.08. The lowest BCUT2D eigenvalue weighted by Gasteiger charge is -2.23. The van der Waals surface area contributed by atoms with Gasteiger partial charge in [-0.25, -0.2) is 0 Å². The maximum absolute atomic E-state index is 12.7. The van der Waals surface area contributed by atoms with Gasteiger partial charge in [0.1, 0.15) is 5.78 Å². The smallest absolute Gasteiger partial charge is 0.146 e. The zero-order valence-electron chi connectivity index (χ0n) is 13.3. The summed E-state index contributed by atoms with van der Waals surface area (Å²) in [5.74, 6) is 0.458. The molecule has 0 radical (unpaired) electrons. The van der Waals surface area contributed by atoms with Crippen molar-refractivity contribution in [3.05, 3.63) is 83.9 Å². The Morgan fingerprint density at radius 2 is 1.13 bits per heavy atom. The second kappa shape index (κ2) is 7.73. The van der Waals surface area contributed by atoms with Gasteiger partial charge in [-0.3, -0.25) is 4.79 Å². The van der Waals surface area contributed by atoms with E-state index in [-0.39, 0.29) is 11.8 Å². The van der Waals surface area contributed by atoms with Crippen molar-refractivity contribution < 1.29 is 4.79 Å². The average Bonchev–Trinajstić information content (AvgIpc) is 2.61. The Bertz CT molecular complexity index is 623. The predicted molar refractivity (Wildman–Crippen MR) is 96.8 cm³/mol. The summed E-state index contributed by atoms with van der Waals surface area (Å²) in [6.45, 7) is 0. The number of hydrogen-bond acceptors (Lipinski definition) is 1. The number of ketones is 1. The first-order valence-electron chi connectivity index (χ1n) is 8.33. The molecular weight excluding hydrogens is 280 g/mol. The number of rotatable bonds is 4. The second-order valence-electron chi connectivity index (χ2n) is 6.09. The Morgan fingerprint density at radius 1 is 0.696 bits per heavy atom. The van der Waals surface area contributed by atoms with Crippen LogP contribution in [0.4, 0.5) is 0 Å². The highest BCUT2D eigenvalue weighted by atomic mass is 16.1. The van der Waals surface area contributed by atoms with Crippen molar-refractivity contribution in [1.29, 1.82) is 0 Å². The molecule has 0 saturated heterocycles. The summed E-state index contributed by atoms with van der Waals surface area (Å²) in [6.07, 6.45) is 11.4. The van der Waals surface area contributed by atoms with Crippen LogP contribution in [0.25, 0.3) is 12.2 Å². The standard InChI is InChI=1S/C22H22O/c23-22-20(16-14-18-8-3-1-4-9-18)12-7-13-21(22)17-15-19-10-5-2-6-11-19/h1-6,8-11,14-17,20-21H,7,12-13H2/b16-14+,17-15+. The lowest BCUT2D eigenvalue weighted by atomic mass is 9.79. The molecule has 2 aromatic rings. The highest BCUT2D eigenvalue weighted by Crippen LogP contribution is 2.28. The molecule has 0 spiro atoms. The van der Waals surface area contributed by atoms with Crippen molar-refractivity contribution in [3.8, 4) is 0 Å². The molecule has 0 aromatic heterocycles. The number of Topliss-reactive ketones (excluding diaryl/α,β-unsaturated/α-hetero) is 1. The fraction of sp³-hybridized carbons (Fsp3) is 0.227. The molecule has 0 heterocycles. The van der Waals surface area contributed by atoms with E-state index in [0.29, 0.717) is 5.78 Å². The molecule has 116 valence electrons. The zero-order chi connectivity index (χ0) is 15.9. The van der Waals surface area contributed by atoms with Gasteiger partial charge < -0.3 is 0 Å². The minimum atomic E-state index is 0.0504. The van der Waals surface area contributed by atoms with E-state index in [2.05, 4.69) is 48.6 Å². The van der Waals surface area contributed by atoms with E-state index >= 15 is 0 Å². The van der Waals surface area contributed by atoms with Gasteiger partial charge in [-0.2, -0.15) is 0 Å². The third-order valence-electron chi connectivity index (χ3n) is 4.40. The number of benzene rings is 2. The first kappa shape index (κ1) is 15.5. The molecule has 1 aliphatic carbocycles. The van der Waals surface area contributed by atoms with E-state index in [4.69, 9.17) is 0 Å². The van der Waals surface area contributed by atoms with Crippen molar-refractivity contribution in [3.63, 3.8) is 0 Å². The lowest BCUT2D eigenvalue weighted by Crippen LogP contribution is -2.25. The third-order valence-corrected chi connectivity index (χ3v) is 4.40. The molecule has 0 bridgehead atoms. The predicted octanol–water partition coefficient (Wildman–Crippen LogP) is 5.40. The van der Waals surface area contributed by atoms with Gasteiger partial charge in [0.2, 0.25) is 0 Å². The van der Waals surface area contributed by atoms with E-state index in [9.17, 15) is 4.79 Å². The number of allylic oxidation sites excluding steroid dienone is 2. The minimum absolute atomic E-state index is 0.0504. The largest absolute Gasteiger partial charge is 0.298 e. The Kier molecular flexibility index (Phi) is 5.21. The monoisotopic (exact) mass is 302 g/mol. The van der Waals surface area contributed by atoms with Crippen molar-refractivity contribution >= 4 is 17.9 Å². The molecule has 2 aromatic carbocycles. The van der Waals surface area contributed by atoms with Crippen LogP contribution in [0.1, 0.15) is 30.4 Å². The van der Waals surface area contributed by atoms with Gasteiger partial charge in [0.25, 0.3) is 0 Å². The lowest BCUT2D eigenvalue weighted by molar-refractivity contribution is -0.125. The number of hydrogen-bond donors (Lipinski definition) is 0. The Labute approximate surface area is 138 Å². The maximum Gasteiger partial charge on any atom is 0.146 e. The van der Waals surface area contributed by atoms with E-state index in [1.165, 1.54) is 0 Å². The van der Waals surface area contributed by atoms with Crippen LogP contribution in [0.15, 0.2) is 72.8 Å². The molecule has 1 saturated carbocycles. The summed E-state index contributed by atoms with van der Waals surface area (Å²) in [7, 11) is 0. The summed E-state index contributed by atoms with van der Waals surface area (Å²) in [4.78, 5) is 12.7. The van der Waals surface area contributed by atoms with Gasteiger partial charge in [0, 0.05) is 11.8 Å². The summed E-state index contributed by atoms with van der Waals surface area (Å²) < 4.78 is 0. The van der Waals surface area contributed by atoms with Gasteiger partial charge in [0.05, 0.1) is 0 Å². The molecule has 0 amide bonds. The first-order chi connectivity index (χ1) is 11.3. The molecule has 1 aliphatic rings. The quantitative estimate of drug-likeness (QED) is 0.739. The maximum atomic E-state index is 12.7. The SMILES string of the molecule is O=C1C(/C=C/c2ccccc2)CCCC1/C=C/c1ccccc1. The molecule has 0 N–H and O–H groups in total. The highest BCUT2D eigenvalue weighted by molar-refractivity contribution is 5.88. The summed E-state index contributed by atoms with van der Waals surface area (Å²) in [6, 6.07) is 20.4. The summed E-state index contributed by atoms with van der Waals surface area (Å²) >= 11 is 0. The topological polar surface area (TPSA) is 17.1 Å². The molecule has 1 fully saturated rings. The van der Waals surface area contributed by atoms with Crippen LogP contribution < -0.4 is 0 Å². The molecule has 2 atom stereocenters. The van der Waals surface area contributed by atoms with Gasteiger partial charge >= 0.3 is 0 Å². The van der Waals surface area contributed by atoms with Crippen LogP contribution in [0, 0.1) is 11.8 Å². The van der Waals surface area contributed by atoms with Crippen molar-refractivity contribution in [1.82, 2.24) is 0 Å². The van der Waals surface area contributed by atoms with E-state index in [0.717, 1.165) is 30.4 Å². The molecule has 1 heteroatoms. The molecule has 23 heavy (non-hydrogen) atoms. The zero-order valence-corrected chi connectivity index (χ0v) is 13.3. The Balaban J connectivity index is 1.66. The molecule has 3 rings (SSSR count). The van der Waals surface area contributed by atoms with Crippen LogP contribution in [0.3, 0.4) is 0 Å². The molecule has 2 unspecified atom stereocenters. The van der Waals surface area contributed by atoms with E-state index in [1.54, 1.807) is 0 Å². The van der Waals surface area contributed by atoms with Gasteiger partial charge in [-0.05, 0) is 24.0 Å². The van der Waals surface area contributed by atoms with E-state index < -0.39 is 0 Å². The minimum Gasteiger partial charge on any atom is -0.298 e. The number of carbonyl (C=O) groups is 1. The van der Waals surface area contributed by atoms with Gasteiger partial charge in [0.15, 0.2) is 0 Å². The Hall–Kier alpha value is -2.41. The number of carbonyl (C=O) groups excluding carboxylic acids is 1. The average molecular weight is 302 g/mol. The summed E-state index contributed by atoms with van der Waals surface area (Å²) in [5, 5.41) is 0. The van der Waals surface area contributed by atoms with Crippen LogP contribution in [0.5, 0.6) is 0 Å². The third kappa shape index (κ3) is 4.29. The van der Waals surface area contributed by atoms with E-state index in [1.807, 2.05) is 36.4 Å². The fourth-order valence-corrected chi connectivity index (χ4v) is 3.08. The van der Waals surface area contributed by atoms with Gasteiger partial charge in [-0.1, -0.05) is 91.4 Å². The second-order valence-corrected chi connectivity index (χ2v) is 6.09. The van der Waals surface area contributed by atoms with Crippen molar-refractivity contribution in [2.75, 3.05) is 0 Å². The first-order valence-corrected chi connectivity index (χ1v) is 8.33. The van der Waals surface area contributed by atoms with Crippen LogP contribution in [-0.2, 0) is 4.79 Å². The molecule has 1 nitrogen and oxygen atoms in total. The normalized spacial score (nSPS) is 22.0. The van der Waals surface area contributed by atoms with Gasteiger partial charge in [-0.15, -0.1) is 0 Å². The van der Waals surface area contributed by atoms with Crippen molar-refractivity contribution in [2.24, 2.45) is 11.8 Å². The Morgan fingerprint density at radius 3 is 1.57 bits per heavy atom. The highest BCUT2D eigenvalue weighted by Gasteiger charge is 2.27.